The maximum absolute atomic E-state index is 5.81. The van der Waals surface area contributed by atoms with Crippen LogP contribution in [0.4, 0.5) is 0 Å². The standard InChI is InChI=1S/C8H10N4S2/c1-13-8-11-10-7(12(8)9)5-6-3-2-4-14-6/h2-4H,5,9H2,1H3. The molecule has 0 radical (unpaired) electrons. The van der Waals surface area contributed by atoms with Crippen molar-refractivity contribution in [3.05, 3.63) is 28.2 Å². The largest absolute Gasteiger partial charge is 0.336 e. The summed E-state index contributed by atoms with van der Waals surface area (Å²) in [4.78, 5) is 1.25. The average Bonchev–Trinajstić information content (AvgIpc) is 2.79. The lowest BCUT2D eigenvalue weighted by Crippen LogP contribution is -2.13. The van der Waals surface area contributed by atoms with E-state index in [1.54, 1.807) is 16.0 Å². The first kappa shape index (κ1) is 9.54. The minimum atomic E-state index is 0.747. The van der Waals surface area contributed by atoms with Gasteiger partial charge in [0.05, 0.1) is 0 Å². The lowest BCUT2D eigenvalue weighted by Gasteiger charge is -1.99. The Kier molecular flexibility index (Phi) is 2.74. The summed E-state index contributed by atoms with van der Waals surface area (Å²) >= 11 is 3.20. The number of thioether (sulfide) groups is 1. The Hall–Kier alpha value is -1.01. The van der Waals surface area contributed by atoms with Crippen LogP contribution in [0.1, 0.15) is 10.7 Å². The first-order valence-corrected chi connectivity index (χ1v) is 6.17. The average molecular weight is 226 g/mol. The van der Waals surface area contributed by atoms with Crippen LogP contribution in [0.3, 0.4) is 0 Å². The fourth-order valence-electron chi connectivity index (χ4n) is 1.14. The van der Waals surface area contributed by atoms with Crippen molar-refractivity contribution < 1.29 is 0 Å². The maximum atomic E-state index is 5.81. The van der Waals surface area contributed by atoms with E-state index in [-0.39, 0.29) is 0 Å². The van der Waals surface area contributed by atoms with Gasteiger partial charge in [-0.15, -0.1) is 21.5 Å². The second kappa shape index (κ2) is 4.02. The Morgan fingerprint density at radius 3 is 3.00 bits per heavy atom. The van der Waals surface area contributed by atoms with Crippen LogP contribution in [0.5, 0.6) is 0 Å². The Labute approximate surface area is 90.1 Å². The van der Waals surface area contributed by atoms with Crippen molar-refractivity contribution in [1.29, 1.82) is 0 Å². The Bertz CT molecular complexity index is 407. The molecule has 0 bridgehead atoms. The zero-order valence-corrected chi connectivity index (χ0v) is 9.31. The van der Waals surface area contributed by atoms with E-state index in [0.29, 0.717) is 0 Å². The molecule has 0 atom stereocenters. The Balaban J connectivity index is 2.21. The minimum absolute atomic E-state index is 0.747. The number of thiophene rings is 1. The third-order valence-electron chi connectivity index (χ3n) is 1.83. The second-order valence-corrected chi connectivity index (χ2v) is 4.53. The summed E-state index contributed by atoms with van der Waals surface area (Å²) in [6.07, 6.45) is 2.68. The highest BCUT2D eigenvalue weighted by molar-refractivity contribution is 7.98. The summed E-state index contributed by atoms with van der Waals surface area (Å²) in [6, 6.07) is 4.09. The molecule has 0 unspecified atom stereocenters. The molecule has 2 aromatic rings. The molecule has 0 amide bonds. The molecule has 2 aromatic heterocycles. The van der Waals surface area contributed by atoms with Gasteiger partial charge in [-0.1, -0.05) is 17.8 Å². The van der Waals surface area contributed by atoms with Crippen LogP contribution in [0.15, 0.2) is 22.7 Å². The van der Waals surface area contributed by atoms with Gasteiger partial charge in [-0.3, -0.25) is 0 Å². The van der Waals surface area contributed by atoms with Gasteiger partial charge in [-0.25, -0.2) is 4.68 Å². The fourth-order valence-corrected chi connectivity index (χ4v) is 2.26. The van der Waals surface area contributed by atoms with Crippen LogP contribution in [0.25, 0.3) is 0 Å². The highest BCUT2D eigenvalue weighted by Crippen LogP contribution is 2.15. The molecule has 2 N–H and O–H groups in total. The van der Waals surface area contributed by atoms with Gasteiger partial charge in [0, 0.05) is 11.3 Å². The zero-order valence-electron chi connectivity index (χ0n) is 7.67. The molecule has 0 aliphatic carbocycles. The SMILES string of the molecule is CSc1nnc(Cc2cccs2)n1N. The molecular weight excluding hydrogens is 216 g/mol. The monoisotopic (exact) mass is 226 g/mol. The van der Waals surface area contributed by atoms with E-state index >= 15 is 0 Å². The summed E-state index contributed by atoms with van der Waals surface area (Å²) in [5, 5.41) is 10.8. The van der Waals surface area contributed by atoms with Gasteiger partial charge in [-0.2, -0.15) is 0 Å². The topological polar surface area (TPSA) is 56.7 Å². The van der Waals surface area contributed by atoms with E-state index in [2.05, 4.69) is 16.3 Å². The minimum Gasteiger partial charge on any atom is -0.336 e. The van der Waals surface area contributed by atoms with Gasteiger partial charge in [0.25, 0.3) is 0 Å². The van der Waals surface area contributed by atoms with Crippen LogP contribution >= 0.6 is 23.1 Å². The molecule has 2 rings (SSSR count). The van der Waals surface area contributed by atoms with Crippen molar-refractivity contribution in [3.63, 3.8) is 0 Å². The number of nitrogens with zero attached hydrogens (tertiary/aromatic N) is 3. The van der Waals surface area contributed by atoms with Gasteiger partial charge >= 0.3 is 0 Å². The summed E-state index contributed by atoms with van der Waals surface area (Å²) < 4.78 is 1.55. The maximum Gasteiger partial charge on any atom is 0.209 e. The second-order valence-electron chi connectivity index (χ2n) is 2.73. The first-order chi connectivity index (χ1) is 6.81. The van der Waals surface area contributed by atoms with Crippen LogP contribution in [-0.2, 0) is 6.42 Å². The molecule has 2 heterocycles. The molecule has 0 aliphatic rings. The molecule has 0 fully saturated rings. The molecular formula is C8H10N4S2. The quantitative estimate of drug-likeness (QED) is 0.634. The van der Waals surface area contributed by atoms with E-state index in [1.807, 2.05) is 17.7 Å². The number of aromatic nitrogens is 3. The highest BCUT2D eigenvalue weighted by Gasteiger charge is 2.09. The Morgan fingerprint density at radius 1 is 1.57 bits per heavy atom. The first-order valence-electron chi connectivity index (χ1n) is 4.07. The third-order valence-corrected chi connectivity index (χ3v) is 3.35. The van der Waals surface area contributed by atoms with Gasteiger partial charge in [0.2, 0.25) is 5.16 Å². The van der Waals surface area contributed by atoms with Gasteiger partial charge < -0.3 is 5.84 Å². The van der Waals surface area contributed by atoms with E-state index in [4.69, 9.17) is 5.84 Å². The predicted octanol–water partition coefficient (Wildman–Crippen LogP) is 1.37. The summed E-state index contributed by atoms with van der Waals surface area (Å²) in [7, 11) is 0. The van der Waals surface area contributed by atoms with Crippen molar-refractivity contribution in [1.82, 2.24) is 14.9 Å². The molecule has 0 aliphatic heterocycles. The molecule has 14 heavy (non-hydrogen) atoms. The van der Waals surface area contributed by atoms with Crippen molar-refractivity contribution in [2.75, 3.05) is 12.1 Å². The number of hydrogen-bond acceptors (Lipinski definition) is 5. The van der Waals surface area contributed by atoms with Crippen LogP contribution < -0.4 is 5.84 Å². The van der Waals surface area contributed by atoms with Crippen molar-refractivity contribution in [2.24, 2.45) is 0 Å². The van der Waals surface area contributed by atoms with Crippen LogP contribution in [0, 0.1) is 0 Å². The van der Waals surface area contributed by atoms with E-state index in [0.717, 1.165) is 17.4 Å². The number of rotatable bonds is 3. The van der Waals surface area contributed by atoms with Crippen LogP contribution in [0.2, 0.25) is 0 Å². The fraction of sp³-hybridized carbons (Fsp3) is 0.250. The summed E-state index contributed by atoms with van der Waals surface area (Å²) in [6.45, 7) is 0. The lowest BCUT2D eigenvalue weighted by atomic mass is 10.3. The van der Waals surface area contributed by atoms with Crippen molar-refractivity contribution in [3.8, 4) is 0 Å². The molecule has 0 aromatic carbocycles. The third kappa shape index (κ3) is 1.76. The number of nitrogen functional groups attached to an aromatic ring is 1. The molecule has 0 saturated carbocycles. The lowest BCUT2D eigenvalue weighted by molar-refractivity contribution is 0.810. The Morgan fingerprint density at radius 2 is 2.43 bits per heavy atom. The zero-order chi connectivity index (χ0) is 9.97. The smallest absolute Gasteiger partial charge is 0.209 e. The van der Waals surface area contributed by atoms with Gasteiger partial charge in [0.15, 0.2) is 5.82 Å². The molecule has 6 heteroatoms. The van der Waals surface area contributed by atoms with E-state index < -0.39 is 0 Å². The molecule has 0 saturated heterocycles. The number of nitrogens with two attached hydrogens (primary N) is 1. The summed E-state index contributed by atoms with van der Waals surface area (Å²) in [5.74, 6) is 6.61. The molecule has 0 spiro atoms. The van der Waals surface area contributed by atoms with E-state index in [9.17, 15) is 0 Å². The molecule has 74 valence electrons. The van der Waals surface area contributed by atoms with Crippen LogP contribution in [-0.4, -0.2) is 21.1 Å². The van der Waals surface area contributed by atoms with Crippen molar-refractivity contribution in [2.45, 2.75) is 11.6 Å². The predicted molar refractivity (Wildman–Crippen MR) is 59.1 cm³/mol. The highest BCUT2D eigenvalue weighted by atomic mass is 32.2. The normalized spacial score (nSPS) is 10.6. The molecule has 4 nitrogen and oxygen atoms in total. The van der Waals surface area contributed by atoms with E-state index in [1.165, 1.54) is 16.6 Å². The summed E-state index contributed by atoms with van der Waals surface area (Å²) in [5.41, 5.74) is 0. The van der Waals surface area contributed by atoms with Gasteiger partial charge in [0.1, 0.15) is 0 Å². The van der Waals surface area contributed by atoms with Crippen molar-refractivity contribution >= 4 is 23.1 Å². The van der Waals surface area contributed by atoms with Gasteiger partial charge in [-0.05, 0) is 17.7 Å². The number of hydrogen-bond donors (Lipinski definition) is 1.